The summed E-state index contributed by atoms with van der Waals surface area (Å²) in [5.41, 5.74) is 1.95. The lowest BCUT2D eigenvalue weighted by atomic mass is 10.0. The molecular weight excluding hydrogens is 368 g/mol. The second-order valence-electron chi connectivity index (χ2n) is 6.12. The molecule has 0 spiro atoms. The minimum absolute atomic E-state index is 0.0382. The first-order chi connectivity index (χ1) is 11.0. The molecule has 23 heavy (non-hydrogen) atoms. The van der Waals surface area contributed by atoms with Crippen molar-refractivity contribution in [1.29, 1.82) is 0 Å². The molecule has 1 amide bonds. The quantitative estimate of drug-likeness (QED) is 0.837. The Morgan fingerprint density at radius 1 is 1.39 bits per heavy atom. The van der Waals surface area contributed by atoms with E-state index >= 15 is 0 Å². The fourth-order valence-electron chi connectivity index (χ4n) is 3.39. The summed E-state index contributed by atoms with van der Waals surface area (Å²) in [5, 5.41) is 6.10. The highest BCUT2D eigenvalue weighted by Crippen LogP contribution is 2.27. The van der Waals surface area contributed by atoms with Crippen molar-refractivity contribution < 1.29 is 13.6 Å². The molecule has 7 heteroatoms. The van der Waals surface area contributed by atoms with Crippen molar-refractivity contribution in [3.05, 3.63) is 28.2 Å². The molecule has 2 aliphatic heterocycles. The molecule has 0 bridgehead atoms. The van der Waals surface area contributed by atoms with E-state index in [1.165, 1.54) is 0 Å². The molecular formula is C16H20BrF2N3O. The van der Waals surface area contributed by atoms with Crippen molar-refractivity contribution in [2.75, 3.05) is 25.0 Å². The van der Waals surface area contributed by atoms with Gasteiger partial charge in [0.25, 0.3) is 0 Å². The molecule has 1 saturated heterocycles. The predicted molar refractivity (Wildman–Crippen MR) is 88.9 cm³/mol. The van der Waals surface area contributed by atoms with Crippen LogP contribution in [0.1, 0.15) is 18.4 Å². The van der Waals surface area contributed by atoms with Gasteiger partial charge in [-0.25, -0.2) is 8.78 Å². The van der Waals surface area contributed by atoms with Crippen molar-refractivity contribution in [1.82, 2.24) is 10.2 Å². The van der Waals surface area contributed by atoms with E-state index in [1.807, 2.05) is 23.1 Å². The highest BCUT2D eigenvalue weighted by atomic mass is 79.9. The lowest BCUT2D eigenvalue weighted by molar-refractivity contribution is -0.122. The number of alkyl halides is 2. The lowest BCUT2D eigenvalue weighted by Gasteiger charge is -2.37. The molecule has 1 fully saturated rings. The zero-order chi connectivity index (χ0) is 16.4. The molecule has 2 N–H and O–H groups in total. The smallest absolute Gasteiger partial charge is 0.241 e. The second-order valence-corrected chi connectivity index (χ2v) is 7.03. The van der Waals surface area contributed by atoms with Crippen LogP contribution in [0.15, 0.2) is 22.7 Å². The number of piperazine rings is 1. The van der Waals surface area contributed by atoms with Crippen LogP contribution in [-0.2, 0) is 11.2 Å². The van der Waals surface area contributed by atoms with Gasteiger partial charge < -0.3 is 10.6 Å². The molecule has 0 aromatic heterocycles. The standard InChI is InChI=1S/C16H20BrF2N3O/c17-11-2-3-13-10(7-11)1-4-14(16(23)21-13)22-6-5-20-12(9-22)8-15(18)19/h2-3,7,12,14-15,20H,1,4-6,8-9H2,(H,21,23). The van der Waals surface area contributed by atoms with Gasteiger partial charge in [-0.05, 0) is 36.6 Å². The van der Waals surface area contributed by atoms with Gasteiger partial charge in [-0.15, -0.1) is 0 Å². The van der Waals surface area contributed by atoms with Crippen molar-refractivity contribution in [3.8, 4) is 0 Å². The van der Waals surface area contributed by atoms with Gasteiger partial charge in [-0.3, -0.25) is 9.69 Å². The normalized spacial score (nSPS) is 25.8. The highest BCUT2D eigenvalue weighted by Gasteiger charge is 2.33. The summed E-state index contributed by atoms with van der Waals surface area (Å²) < 4.78 is 26.2. The Kier molecular flexibility index (Phi) is 5.28. The van der Waals surface area contributed by atoms with Crippen LogP contribution in [0, 0.1) is 0 Å². The van der Waals surface area contributed by atoms with Gasteiger partial charge in [0.15, 0.2) is 0 Å². The first-order valence-corrected chi connectivity index (χ1v) is 8.67. The number of amides is 1. The van der Waals surface area contributed by atoms with Crippen LogP contribution >= 0.6 is 15.9 Å². The number of benzene rings is 1. The third-order valence-electron chi connectivity index (χ3n) is 4.51. The van der Waals surface area contributed by atoms with E-state index < -0.39 is 6.43 Å². The summed E-state index contributed by atoms with van der Waals surface area (Å²) in [6.07, 6.45) is -0.993. The van der Waals surface area contributed by atoms with Gasteiger partial charge in [0.05, 0.1) is 6.04 Å². The Balaban J connectivity index is 1.70. The predicted octanol–water partition coefficient (Wildman–Crippen LogP) is 2.63. The summed E-state index contributed by atoms with van der Waals surface area (Å²) in [6, 6.07) is 5.31. The molecule has 2 atom stereocenters. The number of aryl methyl sites for hydroxylation is 1. The van der Waals surface area contributed by atoms with Gasteiger partial charge in [-0.1, -0.05) is 15.9 Å². The van der Waals surface area contributed by atoms with E-state index in [0.717, 1.165) is 22.1 Å². The fraction of sp³-hybridized carbons (Fsp3) is 0.562. The van der Waals surface area contributed by atoms with Crippen LogP contribution in [0.3, 0.4) is 0 Å². The molecule has 2 aliphatic rings. The maximum absolute atomic E-state index is 12.6. The Morgan fingerprint density at radius 3 is 3.00 bits per heavy atom. The van der Waals surface area contributed by atoms with E-state index in [0.29, 0.717) is 26.1 Å². The first kappa shape index (κ1) is 16.8. The largest absolute Gasteiger partial charge is 0.324 e. The molecule has 0 radical (unpaired) electrons. The molecule has 2 unspecified atom stereocenters. The molecule has 4 nitrogen and oxygen atoms in total. The molecule has 0 aliphatic carbocycles. The van der Waals surface area contributed by atoms with Crippen LogP contribution in [0.4, 0.5) is 14.5 Å². The number of fused-ring (bicyclic) bond motifs is 1. The third kappa shape index (κ3) is 4.08. The zero-order valence-electron chi connectivity index (χ0n) is 12.7. The number of nitrogens with zero attached hydrogens (tertiary/aromatic N) is 1. The fourth-order valence-corrected chi connectivity index (χ4v) is 3.79. The van der Waals surface area contributed by atoms with Crippen molar-refractivity contribution >= 4 is 27.5 Å². The third-order valence-corrected chi connectivity index (χ3v) is 5.00. The van der Waals surface area contributed by atoms with Gasteiger partial charge >= 0.3 is 0 Å². The number of halogens is 3. The number of anilines is 1. The Labute approximate surface area is 142 Å². The minimum atomic E-state index is -2.32. The van der Waals surface area contributed by atoms with Crippen LogP contribution in [0.2, 0.25) is 0 Å². The summed E-state index contributed by atoms with van der Waals surface area (Å²) in [7, 11) is 0. The zero-order valence-corrected chi connectivity index (χ0v) is 14.3. The van der Waals surface area contributed by atoms with Crippen LogP contribution < -0.4 is 10.6 Å². The summed E-state index contributed by atoms with van der Waals surface area (Å²) in [5.74, 6) is -0.0382. The first-order valence-electron chi connectivity index (χ1n) is 7.88. The van der Waals surface area contributed by atoms with Gasteiger partial charge in [0, 0.05) is 42.3 Å². The molecule has 2 heterocycles. The molecule has 126 valence electrons. The van der Waals surface area contributed by atoms with Crippen molar-refractivity contribution in [2.24, 2.45) is 0 Å². The average molecular weight is 388 g/mol. The number of hydrogen-bond donors (Lipinski definition) is 2. The number of hydrogen-bond acceptors (Lipinski definition) is 3. The second kappa shape index (κ2) is 7.23. The monoisotopic (exact) mass is 387 g/mol. The van der Waals surface area contributed by atoms with Crippen LogP contribution in [0.5, 0.6) is 0 Å². The Bertz CT molecular complexity index is 584. The molecule has 1 aromatic carbocycles. The molecule has 3 rings (SSSR count). The van der Waals surface area contributed by atoms with E-state index in [-0.39, 0.29) is 24.4 Å². The number of rotatable bonds is 3. The Morgan fingerprint density at radius 2 is 2.22 bits per heavy atom. The maximum atomic E-state index is 12.6. The lowest BCUT2D eigenvalue weighted by Crippen LogP contribution is -2.56. The summed E-state index contributed by atoms with van der Waals surface area (Å²) in [6.45, 7) is 1.83. The number of nitrogens with one attached hydrogen (secondary N) is 2. The summed E-state index contributed by atoms with van der Waals surface area (Å²) >= 11 is 3.45. The average Bonchev–Trinajstić information content (AvgIpc) is 2.65. The maximum Gasteiger partial charge on any atom is 0.241 e. The van der Waals surface area contributed by atoms with Crippen molar-refractivity contribution in [2.45, 2.75) is 37.8 Å². The van der Waals surface area contributed by atoms with E-state index in [4.69, 9.17) is 0 Å². The van der Waals surface area contributed by atoms with Crippen LogP contribution in [0.25, 0.3) is 0 Å². The highest BCUT2D eigenvalue weighted by molar-refractivity contribution is 9.10. The Hall–Kier alpha value is -1.05. The number of carbonyl (C=O) groups excluding carboxylic acids is 1. The molecule has 1 aromatic rings. The van der Waals surface area contributed by atoms with E-state index in [9.17, 15) is 13.6 Å². The topological polar surface area (TPSA) is 44.4 Å². The van der Waals surface area contributed by atoms with Crippen LogP contribution in [-0.4, -0.2) is 49.0 Å². The molecule has 0 saturated carbocycles. The van der Waals surface area contributed by atoms with Gasteiger partial charge in [0.2, 0.25) is 12.3 Å². The van der Waals surface area contributed by atoms with E-state index in [2.05, 4.69) is 26.6 Å². The van der Waals surface area contributed by atoms with Gasteiger partial charge in [-0.2, -0.15) is 0 Å². The SMILES string of the molecule is O=C1Nc2ccc(Br)cc2CCC1N1CCNC(CC(F)F)C1. The number of carbonyl (C=O) groups is 1. The minimum Gasteiger partial charge on any atom is -0.324 e. The van der Waals surface area contributed by atoms with E-state index in [1.54, 1.807) is 0 Å². The summed E-state index contributed by atoms with van der Waals surface area (Å²) in [4.78, 5) is 14.6. The van der Waals surface area contributed by atoms with Gasteiger partial charge in [0.1, 0.15) is 0 Å². The van der Waals surface area contributed by atoms with Crippen molar-refractivity contribution in [3.63, 3.8) is 0 Å².